The molecule has 59 heavy (non-hydrogen) atoms. The summed E-state index contributed by atoms with van der Waals surface area (Å²) in [6, 6.07) is 65.2. The molecule has 0 saturated carbocycles. The zero-order valence-electron chi connectivity index (χ0n) is 33.1. The number of fused-ring (bicyclic) bond motifs is 1. The number of hydrogen-bond donors (Lipinski definition) is 0. The van der Waals surface area contributed by atoms with Gasteiger partial charge in [-0.05, 0) is 143 Å². The van der Waals surface area contributed by atoms with Gasteiger partial charge in [0.05, 0.1) is 18.2 Å². The Morgan fingerprint density at radius 3 is 1.36 bits per heavy atom. The second-order valence-electron chi connectivity index (χ2n) is 14.5. The Labute approximate surface area is 347 Å². The quantitative estimate of drug-likeness (QED) is 0.0973. The van der Waals surface area contributed by atoms with Gasteiger partial charge < -0.3 is 9.80 Å². The fourth-order valence-electron chi connectivity index (χ4n) is 7.34. The Morgan fingerprint density at radius 1 is 0.492 bits per heavy atom. The molecule has 0 bridgehead atoms. The molecule has 0 radical (unpaired) electrons. The normalized spacial score (nSPS) is 11.1. The molecule has 8 aromatic rings. The summed E-state index contributed by atoms with van der Waals surface area (Å²) in [4.78, 5) is 8.40. The van der Waals surface area contributed by atoms with Gasteiger partial charge in [0.1, 0.15) is 0 Å². The molecule has 0 spiro atoms. The van der Waals surface area contributed by atoms with E-state index in [4.69, 9.17) is 6.57 Å². The van der Waals surface area contributed by atoms with Crippen molar-refractivity contribution in [2.24, 2.45) is 0 Å². The first-order chi connectivity index (χ1) is 29.0. The molecule has 8 rings (SSSR count). The lowest BCUT2D eigenvalue weighted by atomic mass is 9.97. The molecular formula is C55H42N4. The highest BCUT2D eigenvalue weighted by Gasteiger charge is 2.14. The van der Waals surface area contributed by atoms with E-state index >= 15 is 0 Å². The van der Waals surface area contributed by atoms with E-state index in [1.54, 1.807) is 0 Å². The minimum Gasteiger partial charge on any atom is -0.311 e. The molecule has 0 atom stereocenters. The van der Waals surface area contributed by atoms with Gasteiger partial charge in [-0.1, -0.05) is 128 Å². The van der Waals surface area contributed by atoms with E-state index in [0.29, 0.717) is 11.3 Å². The van der Waals surface area contributed by atoms with Crippen molar-refractivity contribution in [1.29, 1.82) is 5.26 Å². The maximum Gasteiger partial charge on any atom is 0.195 e. The third-order valence-corrected chi connectivity index (χ3v) is 10.5. The molecule has 0 heterocycles. The summed E-state index contributed by atoms with van der Waals surface area (Å²) in [5, 5.41) is 11.8. The summed E-state index contributed by atoms with van der Waals surface area (Å²) in [6.45, 7) is 12.3. The van der Waals surface area contributed by atoms with E-state index in [1.165, 1.54) is 11.1 Å². The fourth-order valence-corrected chi connectivity index (χ4v) is 7.34. The molecule has 0 aliphatic carbocycles. The summed E-state index contributed by atoms with van der Waals surface area (Å²) in [6.07, 6.45) is 9.12. The molecule has 0 unspecified atom stereocenters. The Balaban J connectivity index is 1.03. The van der Waals surface area contributed by atoms with Gasteiger partial charge in [0, 0.05) is 34.1 Å². The topological polar surface area (TPSA) is 34.6 Å². The van der Waals surface area contributed by atoms with Gasteiger partial charge in [0.2, 0.25) is 0 Å². The molecule has 0 aromatic heterocycles. The lowest BCUT2D eigenvalue weighted by molar-refractivity contribution is 1.14. The van der Waals surface area contributed by atoms with Crippen LogP contribution >= 0.6 is 0 Å². The van der Waals surface area contributed by atoms with Crippen molar-refractivity contribution < 1.29 is 0 Å². The minimum atomic E-state index is 0.512. The van der Waals surface area contributed by atoms with Crippen LogP contribution in [0.5, 0.6) is 0 Å². The number of anilines is 6. The summed E-state index contributed by atoms with van der Waals surface area (Å²) >= 11 is 0. The van der Waals surface area contributed by atoms with Crippen molar-refractivity contribution in [3.8, 4) is 6.07 Å². The Bertz CT molecular complexity index is 2840. The highest BCUT2D eigenvalue weighted by atomic mass is 15.1. The molecule has 0 amide bonds. The number of rotatable bonds is 11. The van der Waals surface area contributed by atoms with Crippen LogP contribution in [0.25, 0.3) is 39.9 Å². The van der Waals surface area contributed by atoms with Gasteiger partial charge in [-0.25, -0.2) is 4.85 Å². The molecule has 0 aliphatic heterocycles. The Hall–Kier alpha value is -7.92. The maximum atomic E-state index is 10.3. The average Bonchev–Trinajstić information content (AvgIpc) is 3.29. The Kier molecular flexibility index (Phi) is 11.3. The van der Waals surface area contributed by atoms with Gasteiger partial charge in [0.15, 0.2) is 5.69 Å². The molecule has 0 aliphatic rings. The smallest absolute Gasteiger partial charge is 0.195 e. The predicted molar refractivity (Wildman–Crippen MR) is 249 cm³/mol. The van der Waals surface area contributed by atoms with E-state index < -0.39 is 0 Å². The SMILES string of the molecule is [C-]#[N+]c1cc(/C=C\c2ccc(N(c3ccccc3)c3ccc(CC)cc3)cc2)cc2c(C#N)cc(/C=C\c3ccc(N(c4ccccc4)c4ccc(C)cc4)cc3)cc12. The molecular weight excluding hydrogens is 717 g/mol. The van der Waals surface area contributed by atoms with Crippen molar-refractivity contribution in [1.82, 2.24) is 0 Å². The van der Waals surface area contributed by atoms with Crippen molar-refractivity contribution in [2.75, 3.05) is 9.80 Å². The third kappa shape index (κ3) is 8.59. The highest BCUT2D eigenvalue weighted by Crippen LogP contribution is 2.37. The first-order valence-corrected chi connectivity index (χ1v) is 19.8. The summed E-state index contributed by atoms with van der Waals surface area (Å²) in [5.74, 6) is 0. The lowest BCUT2D eigenvalue weighted by Crippen LogP contribution is -2.09. The van der Waals surface area contributed by atoms with E-state index in [1.807, 2.05) is 54.6 Å². The fraction of sp³-hybridized carbons (Fsp3) is 0.0545. The summed E-state index contributed by atoms with van der Waals surface area (Å²) in [7, 11) is 0. The van der Waals surface area contributed by atoms with Crippen molar-refractivity contribution >= 4 is 74.9 Å². The van der Waals surface area contributed by atoms with Crippen molar-refractivity contribution in [3.05, 3.63) is 232 Å². The van der Waals surface area contributed by atoms with E-state index in [2.05, 4.69) is 186 Å². The number of para-hydroxylation sites is 2. The maximum absolute atomic E-state index is 10.3. The first kappa shape index (κ1) is 38.0. The number of hydrogen-bond acceptors (Lipinski definition) is 3. The standard InChI is InChI=1S/C55H42N4/c1-4-41-21-29-50(30-22-41)59(48-13-9-6-10-14-48)52-33-25-43(26-34-52)18-20-45-36-53-46(39-56)35-44(37-54(53)55(38-45)57-3)19-17-42-23-31-51(32-24-42)58(47-11-7-5-8-12-47)49-27-15-40(2)16-28-49/h5-38H,4H2,1-2H3/b19-17-,20-18-. The Morgan fingerprint density at radius 2 is 0.898 bits per heavy atom. The predicted octanol–water partition coefficient (Wildman–Crippen LogP) is 15.4. The first-order valence-electron chi connectivity index (χ1n) is 19.8. The van der Waals surface area contributed by atoms with E-state index in [9.17, 15) is 5.26 Å². The van der Waals surface area contributed by atoms with Crippen LogP contribution in [-0.4, -0.2) is 0 Å². The van der Waals surface area contributed by atoms with Gasteiger partial charge >= 0.3 is 0 Å². The second kappa shape index (κ2) is 17.5. The average molecular weight is 759 g/mol. The van der Waals surface area contributed by atoms with Gasteiger partial charge in [-0.15, -0.1) is 0 Å². The van der Waals surface area contributed by atoms with Crippen LogP contribution in [0.15, 0.2) is 182 Å². The number of nitriles is 1. The lowest BCUT2D eigenvalue weighted by Gasteiger charge is -2.25. The van der Waals surface area contributed by atoms with E-state index in [-0.39, 0.29) is 0 Å². The van der Waals surface area contributed by atoms with Crippen LogP contribution in [0.3, 0.4) is 0 Å². The molecule has 0 saturated heterocycles. The summed E-state index contributed by atoms with van der Waals surface area (Å²) < 4.78 is 0. The zero-order valence-corrected chi connectivity index (χ0v) is 33.1. The molecule has 282 valence electrons. The van der Waals surface area contributed by atoms with Gasteiger partial charge in [-0.3, -0.25) is 0 Å². The monoisotopic (exact) mass is 758 g/mol. The highest BCUT2D eigenvalue weighted by molar-refractivity contribution is 6.01. The number of benzene rings is 8. The molecule has 4 nitrogen and oxygen atoms in total. The largest absolute Gasteiger partial charge is 0.311 e. The van der Waals surface area contributed by atoms with Crippen LogP contribution in [-0.2, 0) is 6.42 Å². The molecule has 8 aromatic carbocycles. The minimum absolute atomic E-state index is 0.512. The molecule has 0 N–H and O–H groups in total. The van der Waals surface area contributed by atoms with E-state index in [0.717, 1.165) is 73.6 Å². The van der Waals surface area contributed by atoms with Gasteiger partial charge in [0.25, 0.3) is 0 Å². The summed E-state index contributed by atoms with van der Waals surface area (Å²) in [5.41, 5.74) is 13.8. The van der Waals surface area contributed by atoms with Crippen LogP contribution in [0.4, 0.5) is 39.8 Å². The zero-order chi connectivity index (χ0) is 40.6. The number of nitrogens with zero attached hydrogens (tertiary/aromatic N) is 4. The van der Waals surface area contributed by atoms with Crippen LogP contribution < -0.4 is 9.80 Å². The third-order valence-electron chi connectivity index (χ3n) is 10.5. The van der Waals surface area contributed by atoms with Crippen molar-refractivity contribution in [2.45, 2.75) is 20.3 Å². The second-order valence-corrected chi connectivity index (χ2v) is 14.5. The van der Waals surface area contributed by atoms with Crippen LogP contribution in [0, 0.1) is 24.8 Å². The van der Waals surface area contributed by atoms with Crippen molar-refractivity contribution in [3.63, 3.8) is 0 Å². The van der Waals surface area contributed by atoms with Crippen LogP contribution in [0.2, 0.25) is 0 Å². The molecule has 0 fully saturated rings. The number of aryl methyl sites for hydroxylation is 2. The molecule has 4 heteroatoms. The van der Waals surface area contributed by atoms with Gasteiger partial charge in [-0.2, -0.15) is 5.26 Å². The van der Waals surface area contributed by atoms with Crippen LogP contribution in [0.1, 0.15) is 45.9 Å².